The molecular weight excluding hydrogens is 438 g/mol. The SMILES string of the molecule is CNC(=O)c1ccnc2c([C@H](C)CNc3cc(-c4cnc(OC)nc4)ncn3)cccc12.S. The van der Waals surface area contributed by atoms with Crippen LogP contribution in [0.1, 0.15) is 28.8 Å². The van der Waals surface area contributed by atoms with E-state index in [4.69, 9.17) is 4.74 Å². The van der Waals surface area contributed by atoms with Crippen molar-refractivity contribution in [3.63, 3.8) is 0 Å². The molecule has 1 amide bonds. The summed E-state index contributed by atoms with van der Waals surface area (Å²) < 4.78 is 5.00. The van der Waals surface area contributed by atoms with Crippen LogP contribution in [-0.4, -0.2) is 51.5 Å². The van der Waals surface area contributed by atoms with Gasteiger partial charge in [-0.05, 0) is 11.6 Å². The highest BCUT2D eigenvalue weighted by Gasteiger charge is 2.15. The summed E-state index contributed by atoms with van der Waals surface area (Å²) in [6.07, 6.45) is 6.49. The van der Waals surface area contributed by atoms with E-state index in [-0.39, 0.29) is 25.3 Å². The van der Waals surface area contributed by atoms with Crippen LogP contribution in [0.2, 0.25) is 0 Å². The third kappa shape index (κ3) is 5.17. The van der Waals surface area contributed by atoms with Crippen LogP contribution in [0.3, 0.4) is 0 Å². The Hall–Kier alpha value is -3.79. The topological polar surface area (TPSA) is 115 Å². The Morgan fingerprint density at radius 3 is 2.61 bits per heavy atom. The second-order valence-corrected chi connectivity index (χ2v) is 7.21. The standard InChI is InChI=1S/C23H23N7O2.H2S/c1-14(16-5-4-6-17-18(22(31)24-2)7-8-25-21(16)17)10-26-20-9-19(29-13-30-20)15-11-27-23(32-3)28-12-15;/h4-9,11-14H,10H2,1-3H3,(H,24,31)(H,26,29,30);1H2/t14-;/m1./s1. The maximum absolute atomic E-state index is 12.2. The van der Waals surface area contributed by atoms with Crippen molar-refractivity contribution in [3.05, 3.63) is 66.4 Å². The van der Waals surface area contributed by atoms with Crippen molar-refractivity contribution in [1.82, 2.24) is 30.2 Å². The molecule has 1 aromatic carbocycles. The molecular formula is C23H25N7O2S. The highest BCUT2D eigenvalue weighted by molar-refractivity contribution is 7.59. The van der Waals surface area contributed by atoms with Gasteiger partial charge in [-0.2, -0.15) is 13.5 Å². The number of carbonyl (C=O) groups is 1. The van der Waals surface area contributed by atoms with Crippen LogP contribution in [0.4, 0.5) is 5.82 Å². The maximum Gasteiger partial charge on any atom is 0.316 e. The number of rotatable bonds is 7. The van der Waals surface area contributed by atoms with Crippen LogP contribution in [0.25, 0.3) is 22.2 Å². The largest absolute Gasteiger partial charge is 0.467 e. The number of hydrogen-bond acceptors (Lipinski definition) is 8. The Morgan fingerprint density at radius 1 is 1.09 bits per heavy atom. The highest BCUT2D eigenvalue weighted by Crippen LogP contribution is 2.27. The van der Waals surface area contributed by atoms with Crippen LogP contribution in [-0.2, 0) is 0 Å². The van der Waals surface area contributed by atoms with Crippen molar-refractivity contribution >= 4 is 36.1 Å². The van der Waals surface area contributed by atoms with Gasteiger partial charge in [0.1, 0.15) is 12.1 Å². The number of hydrogen-bond donors (Lipinski definition) is 2. The zero-order valence-electron chi connectivity index (χ0n) is 18.5. The molecule has 0 aliphatic heterocycles. The van der Waals surface area contributed by atoms with Gasteiger partial charge in [0.05, 0.1) is 23.9 Å². The normalized spacial score (nSPS) is 11.4. The van der Waals surface area contributed by atoms with Gasteiger partial charge in [-0.3, -0.25) is 9.78 Å². The van der Waals surface area contributed by atoms with Gasteiger partial charge in [-0.1, -0.05) is 25.1 Å². The number of benzene rings is 1. The molecule has 3 heterocycles. The number of carbonyl (C=O) groups excluding carboxylic acids is 1. The first-order valence-electron chi connectivity index (χ1n) is 10.1. The zero-order valence-corrected chi connectivity index (χ0v) is 19.5. The molecule has 170 valence electrons. The van der Waals surface area contributed by atoms with Crippen LogP contribution in [0.15, 0.2) is 55.2 Å². The lowest BCUT2D eigenvalue weighted by Crippen LogP contribution is -2.18. The number of pyridine rings is 1. The third-order valence-corrected chi connectivity index (χ3v) is 5.17. The van der Waals surface area contributed by atoms with E-state index in [1.807, 2.05) is 24.3 Å². The molecule has 0 unspecified atom stereocenters. The fourth-order valence-electron chi connectivity index (χ4n) is 3.46. The summed E-state index contributed by atoms with van der Waals surface area (Å²) in [5.41, 5.74) is 3.96. The monoisotopic (exact) mass is 463 g/mol. The zero-order chi connectivity index (χ0) is 22.5. The summed E-state index contributed by atoms with van der Waals surface area (Å²) in [7, 11) is 3.15. The first-order valence-corrected chi connectivity index (χ1v) is 10.1. The van der Waals surface area contributed by atoms with E-state index >= 15 is 0 Å². The molecule has 9 nitrogen and oxygen atoms in total. The Balaban J connectivity index is 0.00000306. The van der Waals surface area contributed by atoms with Crippen LogP contribution in [0, 0.1) is 0 Å². The predicted molar refractivity (Wildman–Crippen MR) is 132 cm³/mol. The number of anilines is 1. The minimum absolute atomic E-state index is 0. The Bertz CT molecular complexity index is 1250. The highest BCUT2D eigenvalue weighted by atomic mass is 32.1. The average Bonchev–Trinajstić information content (AvgIpc) is 2.86. The van der Waals surface area contributed by atoms with E-state index < -0.39 is 0 Å². The molecule has 0 bridgehead atoms. The first-order chi connectivity index (χ1) is 15.6. The van der Waals surface area contributed by atoms with E-state index in [1.165, 1.54) is 13.4 Å². The van der Waals surface area contributed by atoms with Crippen molar-refractivity contribution < 1.29 is 9.53 Å². The Kier molecular flexibility index (Phi) is 7.73. The molecule has 0 saturated heterocycles. The van der Waals surface area contributed by atoms with Crippen LogP contribution >= 0.6 is 13.5 Å². The molecule has 2 N–H and O–H groups in total. The Morgan fingerprint density at radius 2 is 1.88 bits per heavy atom. The molecule has 0 aliphatic carbocycles. The molecule has 10 heteroatoms. The van der Waals surface area contributed by atoms with Crippen LogP contribution in [0.5, 0.6) is 6.01 Å². The van der Waals surface area contributed by atoms with Gasteiger partial charge in [-0.15, -0.1) is 0 Å². The summed E-state index contributed by atoms with van der Waals surface area (Å²) in [6, 6.07) is 9.80. The predicted octanol–water partition coefficient (Wildman–Crippen LogP) is 3.18. The maximum atomic E-state index is 12.2. The number of amides is 1. The minimum atomic E-state index is -0.128. The molecule has 33 heavy (non-hydrogen) atoms. The van der Waals surface area contributed by atoms with E-state index in [9.17, 15) is 4.79 Å². The quantitative estimate of drug-likeness (QED) is 0.429. The lowest BCUT2D eigenvalue weighted by atomic mass is 9.96. The second-order valence-electron chi connectivity index (χ2n) is 7.21. The molecule has 0 radical (unpaired) electrons. The van der Waals surface area contributed by atoms with Crippen molar-refractivity contribution in [2.45, 2.75) is 12.8 Å². The van der Waals surface area contributed by atoms with Crippen molar-refractivity contribution in [2.24, 2.45) is 0 Å². The molecule has 0 fully saturated rings. The van der Waals surface area contributed by atoms with Gasteiger partial charge in [0.2, 0.25) is 0 Å². The number of nitrogens with one attached hydrogen (secondary N) is 2. The fourth-order valence-corrected chi connectivity index (χ4v) is 3.46. The molecule has 0 saturated carbocycles. The molecule has 3 aromatic heterocycles. The number of aromatic nitrogens is 5. The smallest absolute Gasteiger partial charge is 0.316 e. The van der Waals surface area contributed by atoms with Crippen molar-refractivity contribution in [3.8, 4) is 17.3 Å². The number of ether oxygens (including phenoxy) is 1. The molecule has 1 atom stereocenters. The summed E-state index contributed by atoms with van der Waals surface area (Å²) in [4.78, 5) is 33.6. The van der Waals surface area contributed by atoms with Crippen molar-refractivity contribution in [1.29, 1.82) is 0 Å². The summed E-state index contributed by atoms with van der Waals surface area (Å²) in [5, 5.41) is 6.88. The minimum Gasteiger partial charge on any atom is -0.467 e. The molecule has 4 aromatic rings. The van der Waals surface area contributed by atoms with Gasteiger partial charge < -0.3 is 15.4 Å². The summed E-state index contributed by atoms with van der Waals surface area (Å²) >= 11 is 0. The van der Waals surface area contributed by atoms with Gasteiger partial charge in [-0.25, -0.2) is 19.9 Å². The lowest BCUT2D eigenvalue weighted by molar-refractivity contribution is 0.0964. The number of nitrogens with zero attached hydrogens (tertiary/aromatic N) is 5. The van der Waals surface area contributed by atoms with E-state index in [1.54, 1.807) is 31.7 Å². The fraction of sp³-hybridized carbons (Fsp3) is 0.217. The summed E-state index contributed by atoms with van der Waals surface area (Å²) in [5.74, 6) is 0.683. The molecule has 0 aliphatic rings. The Labute approximate surface area is 198 Å². The lowest BCUT2D eigenvalue weighted by Gasteiger charge is -2.16. The van der Waals surface area contributed by atoms with E-state index in [0.717, 1.165) is 22.0 Å². The van der Waals surface area contributed by atoms with Crippen LogP contribution < -0.4 is 15.4 Å². The second kappa shape index (κ2) is 10.7. The number of para-hydroxylation sites is 1. The third-order valence-electron chi connectivity index (χ3n) is 5.17. The van der Waals surface area contributed by atoms with E-state index in [0.29, 0.717) is 29.6 Å². The summed E-state index contributed by atoms with van der Waals surface area (Å²) in [6.45, 7) is 2.73. The number of methoxy groups -OCH3 is 1. The van der Waals surface area contributed by atoms with Gasteiger partial charge in [0, 0.05) is 55.1 Å². The van der Waals surface area contributed by atoms with E-state index in [2.05, 4.69) is 42.5 Å². The first kappa shape index (κ1) is 23.9. The van der Waals surface area contributed by atoms with Crippen molar-refractivity contribution in [2.75, 3.05) is 26.0 Å². The molecule has 4 rings (SSSR count). The molecule has 0 spiro atoms. The number of fused-ring (bicyclic) bond motifs is 1. The van der Waals surface area contributed by atoms with Gasteiger partial charge in [0.25, 0.3) is 5.91 Å². The average molecular weight is 464 g/mol. The van der Waals surface area contributed by atoms with Gasteiger partial charge >= 0.3 is 6.01 Å². The van der Waals surface area contributed by atoms with Gasteiger partial charge in [0.15, 0.2) is 0 Å².